The summed E-state index contributed by atoms with van der Waals surface area (Å²) < 4.78 is 5.40. The first-order valence-corrected chi connectivity index (χ1v) is 10.1. The van der Waals surface area contributed by atoms with E-state index in [4.69, 9.17) is 15.5 Å². The summed E-state index contributed by atoms with van der Waals surface area (Å²) in [7, 11) is 0. The summed E-state index contributed by atoms with van der Waals surface area (Å²) in [4.78, 5) is 17.2. The topological polar surface area (TPSA) is 77.2 Å². The van der Waals surface area contributed by atoms with Gasteiger partial charge in [0.2, 0.25) is 0 Å². The number of aryl methyl sites for hydroxylation is 1. The molecule has 7 heteroatoms. The van der Waals surface area contributed by atoms with Crippen molar-refractivity contribution in [1.29, 1.82) is 0 Å². The Hall–Kier alpha value is -2.64. The largest absolute Gasteiger partial charge is 0.399 e. The lowest BCUT2D eigenvalue weighted by molar-refractivity contribution is 0.122. The first-order valence-electron chi connectivity index (χ1n) is 9.31. The molecule has 1 aromatic carbocycles. The van der Waals surface area contributed by atoms with E-state index in [1.165, 1.54) is 0 Å². The van der Waals surface area contributed by atoms with Crippen molar-refractivity contribution in [3.05, 3.63) is 65.7 Å². The Bertz CT molecular complexity index is 925. The van der Waals surface area contributed by atoms with Crippen molar-refractivity contribution >= 4 is 23.3 Å². The molecule has 2 N–H and O–H groups in total. The van der Waals surface area contributed by atoms with Crippen LogP contribution in [0.5, 0.6) is 0 Å². The summed E-state index contributed by atoms with van der Waals surface area (Å²) >= 11 is 1.63. The van der Waals surface area contributed by atoms with E-state index in [1.807, 2.05) is 43.6 Å². The molecule has 0 atom stereocenters. The van der Waals surface area contributed by atoms with Gasteiger partial charge in [-0.2, -0.15) is 0 Å². The van der Waals surface area contributed by atoms with E-state index in [1.54, 1.807) is 11.8 Å². The monoisotopic (exact) mass is 393 g/mol. The fourth-order valence-corrected chi connectivity index (χ4v) is 3.84. The molecule has 0 unspecified atom stereocenters. The summed E-state index contributed by atoms with van der Waals surface area (Å²) in [5.41, 5.74) is 8.69. The van der Waals surface area contributed by atoms with Crippen LogP contribution in [0.15, 0.2) is 58.7 Å². The molecular weight excluding hydrogens is 370 g/mol. The van der Waals surface area contributed by atoms with Crippen LogP contribution < -0.4 is 10.6 Å². The number of morpholine rings is 1. The van der Waals surface area contributed by atoms with E-state index in [0.29, 0.717) is 6.42 Å². The minimum atomic E-state index is 0.659. The van der Waals surface area contributed by atoms with E-state index < -0.39 is 0 Å². The van der Waals surface area contributed by atoms with Crippen molar-refractivity contribution in [2.45, 2.75) is 23.3 Å². The van der Waals surface area contributed by atoms with Gasteiger partial charge in [0.05, 0.1) is 13.2 Å². The van der Waals surface area contributed by atoms with Gasteiger partial charge in [0.1, 0.15) is 16.7 Å². The first kappa shape index (κ1) is 18.7. The van der Waals surface area contributed by atoms with Crippen LogP contribution in [0, 0.1) is 6.92 Å². The molecule has 0 saturated carbocycles. The van der Waals surface area contributed by atoms with Gasteiger partial charge in [0, 0.05) is 42.5 Å². The van der Waals surface area contributed by atoms with Gasteiger partial charge in [0.25, 0.3) is 0 Å². The van der Waals surface area contributed by atoms with Gasteiger partial charge in [-0.1, -0.05) is 17.8 Å². The molecular formula is C21H23N5OS. The zero-order valence-corrected chi connectivity index (χ0v) is 16.7. The predicted octanol–water partition coefficient (Wildman–Crippen LogP) is 3.34. The third-order valence-corrected chi connectivity index (χ3v) is 5.69. The highest BCUT2D eigenvalue weighted by atomic mass is 32.2. The van der Waals surface area contributed by atoms with E-state index in [2.05, 4.69) is 27.0 Å². The lowest BCUT2D eigenvalue weighted by Gasteiger charge is -2.27. The van der Waals surface area contributed by atoms with Crippen LogP contribution in [0.1, 0.15) is 17.0 Å². The standard InChI is InChI=1S/C21H23N5OS/c1-15-13-23-19(25-21(15)28-18-5-3-17(22)4-6-18)12-16-2-7-20(24-14-16)26-8-10-27-11-9-26/h2-7,13-14H,8-12,22H2,1H3. The molecule has 4 rings (SSSR count). The molecule has 3 aromatic rings. The van der Waals surface area contributed by atoms with Crippen molar-refractivity contribution in [1.82, 2.24) is 15.0 Å². The molecule has 0 radical (unpaired) electrons. The van der Waals surface area contributed by atoms with E-state index >= 15 is 0 Å². The molecule has 0 amide bonds. The third-order valence-electron chi connectivity index (χ3n) is 4.58. The second-order valence-electron chi connectivity index (χ2n) is 6.75. The number of nitrogens with two attached hydrogens (primary N) is 1. The Morgan fingerprint density at radius 3 is 2.54 bits per heavy atom. The molecule has 1 saturated heterocycles. The maximum atomic E-state index is 5.77. The highest BCUT2D eigenvalue weighted by molar-refractivity contribution is 7.99. The summed E-state index contributed by atoms with van der Waals surface area (Å²) in [5.74, 6) is 1.79. The smallest absolute Gasteiger partial charge is 0.134 e. The van der Waals surface area contributed by atoms with Crippen LogP contribution in [0.3, 0.4) is 0 Å². The van der Waals surface area contributed by atoms with Crippen molar-refractivity contribution < 1.29 is 4.74 Å². The summed E-state index contributed by atoms with van der Waals surface area (Å²) in [6, 6.07) is 12.0. The molecule has 1 aliphatic rings. The second-order valence-corrected chi connectivity index (χ2v) is 7.81. The lowest BCUT2D eigenvalue weighted by Crippen LogP contribution is -2.36. The van der Waals surface area contributed by atoms with Gasteiger partial charge in [-0.25, -0.2) is 15.0 Å². The minimum absolute atomic E-state index is 0.659. The van der Waals surface area contributed by atoms with E-state index in [-0.39, 0.29) is 0 Å². The highest BCUT2D eigenvalue weighted by Crippen LogP contribution is 2.29. The minimum Gasteiger partial charge on any atom is -0.399 e. The number of benzene rings is 1. The number of ether oxygens (including phenoxy) is 1. The normalized spacial score (nSPS) is 14.2. The second kappa shape index (κ2) is 8.58. The quantitative estimate of drug-likeness (QED) is 0.526. The van der Waals surface area contributed by atoms with Crippen molar-refractivity contribution in [3.63, 3.8) is 0 Å². The Morgan fingerprint density at radius 1 is 1.04 bits per heavy atom. The molecule has 0 aliphatic carbocycles. The van der Waals surface area contributed by atoms with Crippen molar-refractivity contribution in [3.8, 4) is 0 Å². The van der Waals surface area contributed by atoms with Crippen molar-refractivity contribution in [2.24, 2.45) is 0 Å². The predicted molar refractivity (Wildman–Crippen MR) is 112 cm³/mol. The molecule has 1 fully saturated rings. The number of hydrogen-bond acceptors (Lipinski definition) is 7. The fraction of sp³-hybridized carbons (Fsp3) is 0.286. The maximum absolute atomic E-state index is 5.77. The SMILES string of the molecule is Cc1cnc(Cc2ccc(N3CCOCC3)nc2)nc1Sc1ccc(N)cc1. The maximum Gasteiger partial charge on any atom is 0.134 e. The van der Waals surface area contributed by atoms with Gasteiger partial charge in [-0.05, 0) is 48.4 Å². The zero-order chi connectivity index (χ0) is 19.3. The van der Waals surface area contributed by atoms with Crippen LogP contribution in [0.2, 0.25) is 0 Å². The summed E-state index contributed by atoms with van der Waals surface area (Å²) in [6.07, 6.45) is 4.46. The number of anilines is 2. The number of hydrogen-bond donors (Lipinski definition) is 1. The van der Waals surface area contributed by atoms with E-state index in [0.717, 1.165) is 64.7 Å². The Balaban J connectivity index is 1.46. The molecule has 144 valence electrons. The molecule has 3 heterocycles. The third kappa shape index (κ3) is 4.61. The Labute approximate surface area is 169 Å². The number of nitrogen functional groups attached to an aromatic ring is 1. The van der Waals surface area contributed by atoms with Crippen LogP contribution in [0.25, 0.3) is 0 Å². The van der Waals surface area contributed by atoms with Crippen LogP contribution in [-0.2, 0) is 11.2 Å². The zero-order valence-electron chi connectivity index (χ0n) is 15.8. The number of rotatable bonds is 5. The molecule has 1 aliphatic heterocycles. The van der Waals surface area contributed by atoms with Gasteiger partial charge in [-0.3, -0.25) is 0 Å². The number of pyridine rings is 1. The molecule has 0 bridgehead atoms. The Kier molecular flexibility index (Phi) is 5.73. The summed E-state index contributed by atoms with van der Waals surface area (Å²) in [6.45, 7) is 5.32. The van der Waals surface area contributed by atoms with Gasteiger partial charge in [-0.15, -0.1) is 0 Å². The number of aromatic nitrogens is 3. The molecule has 6 nitrogen and oxygen atoms in total. The van der Waals surface area contributed by atoms with Crippen molar-refractivity contribution in [2.75, 3.05) is 36.9 Å². The molecule has 0 spiro atoms. The number of nitrogens with zero attached hydrogens (tertiary/aromatic N) is 4. The molecule has 2 aromatic heterocycles. The highest BCUT2D eigenvalue weighted by Gasteiger charge is 2.12. The van der Waals surface area contributed by atoms with Gasteiger partial charge >= 0.3 is 0 Å². The average molecular weight is 394 g/mol. The van der Waals surface area contributed by atoms with Crippen LogP contribution in [-0.4, -0.2) is 41.3 Å². The van der Waals surface area contributed by atoms with Gasteiger partial charge in [0.15, 0.2) is 0 Å². The lowest BCUT2D eigenvalue weighted by atomic mass is 10.2. The first-order chi connectivity index (χ1) is 13.7. The fourth-order valence-electron chi connectivity index (χ4n) is 2.98. The van der Waals surface area contributed by atoms with E-state index in [9.17, 15) is 0 Å². The van der Waals surface area contributed by atoms with Crippen LogP contribution >= 0.6 is 11.8 Å². The van der Waals surface area contributed by atoms with Crippen LogP contribution in [0.4, 0.5) is 11.5 Å². The Morgan fingerprint density at radius 2 is 1.82 bits per heavy atom. The van der Waals surface area contributed by atoms with Gasteiger partial charge < -0.3 is 15.4 Å². The average Bonchev–Trinajstić information content (AvgIpc) is 2.73. The summed E-state index contributed by atoms with van der Waals surface area (Å²) in [5, 5.41) is 0.965. The molecule has 28 heavy (non-hydrogen) atoms.